The van der Waals surface area contributed by atoms with Crippen molar-refractivity contribution in [3.05, 3.63) is 130 Å². The third kappa shape index (κ3) is 9.51. The van der Waals surface area contributed by atoms with Crippen LogP contribution in [0.4, 0.5) is 0 Å². The van der Waals surface area contributed by atoms with Gasteiger partial charge in [-0.3, -0.25) is 5.73 Å². The number of benzene rings is 1. The Labute approximate surface area is 291 Å². The van der Waals surface area contributed by atoms with Crippen LogP contribution in [0.5, 0.6) is 5.75 Å². The molecule has 9 nitrogen and oxygen atoms in total. The summed E-state index contributed by atoms with van der Waals surface area (Å²) in [7, 11) is 0. The van der Waals surface area contributed by atoms with E-state index in [2.05, 4.69) is 72.8 Å². The molecular weight excluding hydrogens is 763 g/mol. The predicted molar refractivity (Wildman–Crippen MR) is 184 cm³/mol. The fraction of sp³-hybridized carbons (Fsp3) is 0.270. The van der Waals surface area contributed by atoms with E-state index in [4.69, 9.17) is 10.5 Å². The summed E-state index contributed by atoms with van der Waals surface area (Å²) in [5.74, 6) is 2.51. The Morgan fingerprint density at radius 3 is 1.55 bits per heavy atom. The molecule has 1 radical (unpaired) electrons. The summed E-state index contributed by atoms with van der Waals surface area (Å²) in [6.07, 6.45) is 5.34. The molecule has 0 aliphatic rings. The van der Waals surface area contributed by atoms with E-state index in [1.54, 1.807) is 12.3 Å². The molecule has 0 atom stereocenters. The normalized spacial score (nSPS) is 10.3. The van der Waals surface area contributed by atoms with Crippen LogP contribution in [0, 0.1) is 68.4 Å². The summed E-state index contributed by atoms with van der Waals surface area (Å²) in [6, 6.07) is 20.8. The average molecular weight is 806 g/mol. The van der Waals surface area contributed by atoms with Crippen molar-refractivity contribution in [2.75, 3.05) is 6.73 Å². The van der Waals surface area contributed by atoms with Gasteiger partial charge < -0.3 is 9.72 Å². The van der Waals surface area contributed by atoms with Crippen LogP contribution in [-0.4, -0.2) is 41.2 Å². The number of rotatable bonds is 5. The van der Waals surface area contributed by atoms with Crippen molar-refractivity contribution in [2.24, 2.45) is 5.73 Å². The molecule has 0 fully saturated rings. The van der Waals surface area contributed by atoms with Crippen molar-refractivity contribution in [1.82, 2.24) is 34.5 Å². The van der Waals surface area contributed by atoms with E-state index in [1.165, 1.54) is 27.8 Å². The minimum Gasteiger partial charge on any atom is -0.479 e. The summed E-state index contributed by atoms with van der Waals surface area (Å²) in [6.45, 7) is 18.7. The standard InChI is InChI=1S/C13H13N2O.2C12H15N3.Os/c1-10-3-2-4-11(7-10)13-8-12(16-9-14)5-6-15-13;2*1-8-5-6-13-12(7-8)15-11(4)9(2)10(3)14-15;/h2-3,5-8H,9,14H2,1H3;2*5-7H,1-4H3;/q-1;;;+1. The molecule has 0 unspecified atom stereocenters. The Kier molecular flexibility index (Phi) is 13.3. The van der Waals surface area contributed by atoms with E-state index in [9.17, 15) is 0 Å². The summed E-state index contributed by atoms with van der Waals surface area (Å²) in [4.78, 5) is 12.9. The van der Waals surface area contributed by atoms with Crippen LogP contribution in [0.1, 0.15) is 50.6 Å². The van der Waals surface area contributed by atoms with Gasteiger partial charge in [0.25, 0.3) is 0 Å². The van der Waals surface area contributed by atoms with Crippen molar-refractivity contribution in [2.45, 2.75) is 62.3 Å². The zero-order valence-electron chi connectivity index (χ0n) is 28.6. The molecule has 0 saturated heterocycles. The first-order chi connectivity index (χ1) is 22.0. The van der Waals surface area contributed by atoms with Gasteiger partial charge in [-0.25, -0.2) is 19.3 Å². The van der Waals surface area contributed by atoms with E-state index >= 15 is 0 Å². The monoisotopic (exact) mass is 807 g/mol. The zero-order valence-corrected chi connectivity index (χ0v) is 31.1. The molecule has 0 bridgehead atoms. The first kappa shape index (κ1) is 36.9. The third-order valence-electron chi connectivity index (χ3n) is 7.76. The van der Waals surface area contributed by atoms with E-state index in [0.717, 1.165) is 51.4 Å². The molecule has 0 aliphatic carbocycles. The van der Waals surface area contributed by atoms with Crippen molar-refractivity contribution < 1.29 is 24.5 Å². The van der Waals surface area contributed by atoms with Crippen LogP contribution < -0.4 is 10.5 Å². The molecule has 6 aromatic rings. The molecule has 6 rings (SSSR count). The second-order valence-corrected chi connectivity index (χ2v) is 11.3. The number of nitrogens with zero attached hydrogens (tertiary/aromatic N) is 7. The summed E-state index contributed by atoms with van der Waals surface area (Å²) in [5, 5.41) is 8.95. The van der Waals surface area contributed by atoms with Crippen molar-refractivity contribution in [3.8, 4) is 28.6 Å². The van der Waals surface area contributed by atoms with Gasteiger partial charge in [0.05, 0.1) is 11.4 Å². The van der Waals surface area contributed by atoms with E-state index < -0.39 is 0 Å². The van der Waals surface area contributed by atoms with E-state index in [-0.39, 0.29) is 26.5 Å². The average Bonchev–Trinajstić information content (AvgIpc) is 3.46. The third-order valence-corrected chi connectivity index (χ3v) is 7.76. The molecule has 1 aromatic carbocycles. The van der Waals surface area contributed by atoms with E-state index in [1.807, 2.05) is 91.1 Å². The van der Waals surface area contributed by atoms with Gasteiger partial charge in [-0.05, 0) is 120 Å². The first-order valence-corrected chi connectivity index (χ1v) is 15.2. The van der Waals surface area contributed by atoms with Gasteiger partial charge in [-0.15, -0.1) is 35.4 Å². The number of pyridine rings is 3. The molecule has 0 spiro atoms. The summed E-state index contributed by atoms with van der Waals surface area (Å²) in [5.41, 5.74) is 17.6. The Morgan fingerprint density at radius 1 is 0.638 bits per heavy atom. The fourth-order valence-corrected chi connectivity index (χ4v) is 4.63. The maximum absolute atomic E-state index is 5.32. The largest absolute Gasteiger partial charge is 1.00 e. The molecule has 245 valence electrons. The molecule has 0 aliphatic heterocycles. The van der Waals surface area contributed by atoms with Crippen LogP contribution in [0.2, 0.25) is 0 Å². The van der Waals surface area contributed by atoms with Gasteiger partial charge in [0.2, 0.25) is 0 Å². The number of aromatic nitrogens is 7. The molecule has 0 amide bonds. The van der Waals surface area contributed by atoms with Crippen LogP contribution in [0.25, 0.3) is 22.9 Å². The van der Waals surface area contributed by atoms with Crippen LogP contribution in [-0.2, 0) is 19.8 Å². The molecule has 2 N–H and O–H groups in total. The predicted octanol–water partition coefficient (Wildman–Crippen LogP) is 7.15. The van der Waals surface area contributed by atoms with Gasteiger partial charge in [0.1, 0.15) is 12.5 Å². The molecule has 0 saturated carbocycles. The van der Waals surface area contributed by atoms with E-state index in [0.29, 0.717) is 0 Å². The summed E-state index contributed by atoms with van der Waals surface area (Å²) < 4.78 is 9.02. The quantitative estimate of drug-likeness (QED) is 0.146. The SMILES string of the molecule is Cc1cc[c-]c(-c2cc(OCN)ccn2)c1.Cc1ccnc(-n2nc(C)c(C)c2C)c1.Cc1ccnc(-n2nc(C)c(C)c2C)c1.[Os+]. The second kappa shape index (κ2) is 16.9. The van der Waals surface area contributed by atoms with Gasteiger partial charge in [-0.2, -0.15) is 10.2 Å². The molecular formula is C37H43N8OOs. The summed E-state index contributed by atoms with van der Waals surface area (Å²) >= 11 is 0. The van der Waals surface area contributed by atoms with Crippen molar-refractivity contribution in [3.63, 3.8) is 0 Å². The van der Waals surface area contributed by atoms with Gasteiger partial charge in [0, 0.05) is 30.0 Å². The maximum atomic E-state index is 5.32. The number of aryl methyl sites for hydroxylation is 5. The number of hydrogen-bond donors (Lipinski definition) is 1. The number of nitrogens with two attached hydrogens (primary N) is 1. The van der Waals surface area contributed by atoms with Gasteiger partial charge in [0.15, 0.2) is 11.6 Å². The fourth-order valence-electron chi connectivity index (χ4n) is 4.63. The molecule has 5 aromatic heterocycles. The second-order valence-electron chi connectivity index (χ2n) is 11.3. The molecule has 47 heavy (non-hydrogen) atoms. The Hall–Kier alpha value is -4.51. The maximum Gasteiger partial charge on any atom is 1.00 e. The minimum absolute atomic E-state index is 0. The van der Waals surface area contributed by atoms with Crippen LogP contribution in [0.3, 0.4) is 0 Å². The van der Waals surface area contributed by atoms with Gasteiger partial charge >= 0.3 is 19.8 Å². The topological polar surface area (TPSA) is 110 Å². The smallest absolute Gasteiger partial charge is 0.479 e. The molecule has 5 heterocycles. The Balaban J connectivity index is 0.000000190. The van der Waals surface area contributed by atoms with Crippen LogP contribution >= 0.6 is 0 Å². The Bertz CT molecular complexity index is 1830. The van der Waals surface area contributed by atoms with Crippen LogP contribution in [0.15, 0.2) is 73.2 Å². The van der Waals surface area contributed by atoms with Crippen molar-refractivity contribution >= 4 is 0 Å². The van der Waals surface area contributed by atoms with Gasteiger partial charge in [-0.1, -0.05) is 6.92 Å². The number of hydrogen-bond acceptors (Lipinski definition) is 7. The Morgan fingerprint density at radius 2 is 1.13 bits per heavy atom. The minimum atomic E-state index is 0. The van der Waals surface area contributed by atoms with Crippen molar-refractivity contribution in [1.29, 1.82) is 0 Å². The molecule has 10 heteroatoms. The number of ether oxygens (including phenoxy) is 1. The first-order valence-electron chi connectivity index (χ1n) is 15.2. The zero-order chi connectivity index (χ0) is 33.4.